The van der Waals surface area contributed by atoms with Crippen LogP contribution in [0.2, 0.25) is 0 Å². The van der Waals surface area contributed by atoms with Crippen LogP contribution in [0.1, 0.15) is 53.8 Å². The largest absolute Gasteiger partial charge is 0.378 e. The van der Waals surface area contributed by atoms with Gasteiger partial charge in [-0.3, -0.25) is 0 Å². The highest BCUT2D eigenvalue weighted by atomic mass is 32.1. The Labute approximate surface area is 120 Å². The zero-order valence-electron chi connectivity index (χ0n) is 13.0. The van der Waals surface area contributed by atoms with Crippen LogP contribution in [0.15, 0.2) is 0 Å². The second-order valence-corrected chi connectivity index (χ2v) is 7.98. The second-order valence-electron chi connectivity index (χ2n) is 7.23. The molecule has 1 fully saturated rings. The third-order valence-electron chi connectivity index (χ3n) is 4.67. The van der Waals surface area contributed by atoms with Crippen LogP contribution in [0.5, 0.6) is 0 Å². The third-order valence-corrected chi connectivity index (χ3v) is 5.32. The van der Waals surface area contributed by atoms with E-state index in [0.717, 1.165) is 17.4 Å². The van der Waals surface area contributed by atoms with Crippen LogP contribution in [0, 0.1) is 5.41 Å². The SMILES string of the molecule is COC1(C)CC(Nc2nc(C(C)(C)C)ns2)C1(C)C. The van der Waals surface area contributed by atoms with Gasteiger partial charge in [0.05, 0.1) is 5.60 Å². The minimum Gasteiger partial charge on any atom is -0.378 e. The molecule has 1 aliphatic carbocycles. The van der Waals surface area contributed by atoms with Gasteiger partial charge in [0.25, 0.3) is 0 Å². The topological polar surface area (TPSA) is 47.0 Å². The molecule has 0 spiro atoms. The lowest BCUT2D eigenvalue weighted by molar-refractivity contribution is -0.166. The number of hydrogen-bond donors (Lipinski definition) is 1. The predicted octanol–water partition coefficient (Wildman–Crippen LogP) is 3.45. The molecule has 0 bridgehead atoms. The van der Waals surface area contributed by atoms with Gasteiger partial charge >= 0.3 is 0 Å². The minimum atomic E-state index is -0.0534. The van der Waals surface area contributed by atoms with E-state index in [1.165, 1.54) is 11.5 Å². The second kappa shape index (κ2) is 4.42. The molecule has 1 aromatic rings. The van der Waals surface area contributed by atoms with Gasteiger partial charge in [-0.15, -0.1) is 0 Å². The summed E-state index contributed by atoms with van der Waals surface area (Å²) in [5, 5.41) is 4.43. The van der Waals surface area contributed by atoms with Crippen molar-refractivity contribution in [1.82, 2.24) is 9.36 Å². The first-order chi connectivity index (χ1) is 8.60. The average Bonchev–Trinajstić information content (AvgIpc) is 2.76. The van der Waals surface area contributed by atoms with Crippen molar-refractivity contribution < 1.29 is 4.74 Å². The maximum Gasteiger partial charge on any atom is 0.202 e. The Balaban J connectivity index is 2.06. The van der Waals surface area contributed by atoms with Gasteiger partial charge in [0.2, 0.25) is 5.13 Å². The van der Waals surface area contributed by atoms with Gasteiger partial charge in [-0.25, -0.2) is 4.98 Å². The molecule has 108 valence electrons. The van der Waals surface area contributed by atoms with Crippen LogP contribution in [0.4, 0.5) is 5.13 Å². The van der Waals surface area contributed by atoms with Crippen molar-refractivity contribution in [3.63, 3.8) is 0 Å². The van der Waals surface area contributed by atoms with E-state index in [9.17, 15) is 0 Å². The molecule has 2 rings (SSSR count). The van der Waals surface area contributed by atoms with E-state index in [2.05, 4.69) is 56.2 Å². The Morgan fingerprint density at radius 2 is 1.95 bits per heavy atom. The smallest absolute Gasteiger partial charge is 0.202 e. The normalized spacial score (nSPS) is 29.9. The van der Waals surface area contributed by atoms with E-state index in [1.807, 2.05) is 0 Å². The van der Waals surface area contributed by atoms with Gasteiger partial charge in [-0.2, -0.15) is 4.37 Å². The first-order valence-corrected chi connectivity index (χ1v) is 7.53. The Kier molecular flexibility index (Phi) is 3.42. The van der Waals surface area contributed by atoms with Crippen molar-refractivity contribution in [1.29, 1.82) is 0 Å². The summed E-state index contributed by atoms with van der Waals surface area (Å²) in [6.07, 6.45) is 1.00. The number of rotatable bonds is 3. The molecule has 2 atom stereocenters. The van der Waals surface area contributed by atoms with Gasteiger partial charge in [0.1, 0.15) is 5.82 Å². The maximum absolute atomic E-state index is 5.64. The Hall–Kier alpha value is -0.680. The number of ether oxygens (including phenoxy) is 1. The van der Waals surface area contributed by atoms with Crippen molar-refractivity contribution in [3.8, 4) is 0 Å². The van der Waals surface area contributed by atoms with Gasteiger partial charge in [0, 0.05) is 35.5 Å². The summed E-state index contributed by atoms with van der Waals surface area (Å²) in [5.74, 6) is 0.909. The standard InChI is InChI=1S/C14H25N3OS/c1-12(2,3)10-16-11(19-17-10)15-9-8-14(6,18-7)13(9,4)5/h9H,8H2,1-7H3,(H,15,16,17). The van der Waals surface area contributed by atoms with Crippen molar-refractivity contribution in [2.45, 2.75) is 65.0 Å². The fraction of sp³-hybridized carbons (Fsp3) is 0.857. The van der Waals surface area contributed by atoms with Gasteiger partial charge < -0.3 is 10.1 Å². The third kappa shape index (κ3) is 2.38. The number of nitrogens with one attached hydrogen (secondary N) is 1. The summed E-state index contributed by atoms with van der Waals surface area (Å²) in [6.45, 7) is 13.1. The van der Waals surface area contributed by atoms with Crippen LogP contribution in [-0.4, -0.2) is 28.1 Å². The molecule has 19 heavy (non-hydrogen) atoms. The lowest BCUT2D eigenvalue weighted by Crippen LogP contribution is -2.65. The molecule has 0 amide bonds. The molecule has 5 heteroatoms. The van der Waals surface area contributed by atoms with Gasteiger partial charge in [-0.05, 0) is 13.3 Å². The molecule has 0 aliphatic heterocycles. The molecule has 1 heterocycles. The van der Waals surface area contributed by atoms with E-state index in [1.54, 1.807) is 7.11 Å². The average molecular weight is 283 g/mol. The molecule has 1 N–H and O–H groups in total. The molecule has 0 radical (unpaired) electrons. The highest BCUT2D eigenvalue weighted by molar-refractivity contribution is 7.09. The van der Waals surface area contributed by atoms with Crippen molar-refractivity contribution >= 4 is 16.7 Å². The Morgan fingerprint density at radius 1 is 1.32 bits per heavy atom. The first-order valence-electron chi connectivity index (χ1n) is 6.76. The molecule has 2 unspecified atom stereocenters. The Morgan fingerprint density at radius 3 is 2.37 bits per heavy atom. The Bertz CT molecular complexity index is 464. The van der Waals surface area contributed by atoms with Crippen LogP contribution < -0.4 is 5.32 Å². The fourth-order valence-electron chi connectivity index (χ4n) is 2.46. The zero-order valence-corrected chi connectivity index (χ0v) is 13.8. The summed E-state index contributed by atoms with van der Waals surface area (Å²) < 4.78 is 10.1. The molecular formula is C14H25N3OS. The highest BCUT2D eigenvalue weighted by Crippen LogP contribution is 2.52. The predicted molar refractivity (Wildman–Crippen MR) is 79.8 cm³/mol. The monoisotopic (exact) mass is 283 g/mol. The number of methoxy groups -OCH3 is 1. The lowest BCUT2D eigenvalue weighted by Gasteiger charge is -2.59. The highest BCUT2D eigenvalue weighted by Gasteiger charge is 2.58. The first kappa shape index (κ1) is 14.7. The van der Waals surface area contributed by atoms with E-state index in [0.29, 0.717) is 6.04 Å². The molecule has 0 saturated heterocycles. The van der Waals surface area contributed by atoms with Crippen LogP contribution in [0.3, 0.4) is 0 Å². The lowest BCUT2D eigenvalue weighted by atomic mass is 9.56. The van der Waals surface area contributed by atoms with Crippen molar-refractivity contribution in [2.24, 2.45) is 5.41 Å². The summed E-state index contributed by atoms with van der Waals surface area (Å²) in [6, 6.07) is 0.387. The maximum atomic E-state index is 5.64. The number of aromatic nitrogens is 2. The van der Waals surface area contributed by atoms with Crippen molar-refractivity contribution in [2.75, 3.05) is 12.4 Å². The van der Waals surface area contributed by atoms with Crippen molar-refractivity contribution in [3.05, 3.63) is 5.82 Å². The molecule has 1 aromatic heterocycles. The summed E-state index contributed by atoms with van der Waals surface area (Å²) in [5.41, 5.74) is 0.0458. The number of hydrogen-bond acceptors (Lipinski definition) is 5. The van der Waals surface area contributed by atoms with E-state index in [-0.39, 0.29) is 16.4 Å². The summed E-state index contributed by atoms with van der Waals surface area (Å²) in [4.78, 5) is 4.60. The molecule has 0 aromatic carbocycles. The molecule has 4 nitrogen and oxygen atoms in total. The zero-order chi connectivity index (χ0) is 14.5. The number of nitrogens with zero attached hydrogens (tertiary/aromatic N) is 2. The fourth-order valence-corrected chi connectivity index (χ4v) is 3.27. The van der Waals surface area contributed by atoms with Gasteiger partial charge in [-0.1, -0.05) is 34.6 Å². The van der Waals surface area contributed by atoms with Crippen LogP contribution in [0.25, 0.3) is 0 Å². The van der Waals surface area contributed by atoms with Crippen LogP contribution in [-0.2, 0) is 10.2 Å². The molecular weight excluding hydrogens is 258 g/mol. The van der Waals surface area contributed by atoms with Crippen LogP contribution >= 0.6 is 11.5 Å². The number of anilines is 1. The van der Waals surface area contributed by atoms with E-state index >= 15 is 0 Å². The minimum absolute atomic E-state index is 0.00655. The molecule has 1 aliphatic rings. The van der Waals surface area contributed by atoms with Gasteiger partial charge in [0.15, 0.2) is 0 Å². The van der Waals surface area contributed by atoms with E-state index < -0.39 is 0 Å². The quantitative estimate of drug-likeness (QED) is 0.923. The summed E-state index contributed by atoms with van der Waals surface area (Å²) >= 11 is 1.45. The van der Waals surface area contributed by atoms with E-state index in [4.69, 9.17) is 4.74 Å². The molecule has 1 saturated carbocycles. The summed E-state index contributed by atoms with van der Waals surface area (Å²) in [7, 11) is 1.79.